The van der Waals surface area contributed by atoms with Crippen LogP contribution in [0.4, 0.5) is 5.95 Å². The summed E-state index contributed by atoms with van der Waals surface area (Å²) in [6, 6.07) is 1.75. The van der Waals surface area contributed by atoms with E-state index in [0.717, 1.165) is 24.2 Å². The first-order valence-electron chi connectivity index (χ1n) is 5.10. The SMILES string of the molecule is CCc1nnc(NC(=O)CC#N)nc1CC. The van der Waals surface area contributed by atoms with E-state index in [1.165, 1.54) is 0 Å². The van der Waals surface area contributed by atoms with Gasteiger partial charge in [-0.25, -0.2) is 4.98 Å². The standard InChI is InChI=1S/C10H13N5O/c1-3-7-8(4-2)14-15-10(12-7)13-9(16)5-6-11/h3-5H2,1-2H3,(H,12,13,15,16). The van der Waals surface area contributed by atoms with Crippen LogP contribution in [0.15, 0.2) is 0 Å². The first-order valence-corrected chi connectivity index (χ1v) is 5.10. The van der Waals surface area contributed by atoms with Crippen molar-refractivity contribution >= 4 is 11.9 Å². The molecule has 0 aliphatic heterocycles. The summed E-state index contributed by atoms with van der Waals surface area (Å²) in [5, 5.41) is 18.5. The van der Waals surface area contributed by atoms with Crippen molar-refractivity contribution in [2.75, 3.05) is 5.32 Å². The molecule has 0 atom stereocenters. The lowest BCUT2D eigenvalue weighted by Crippen LogP contribution is -2.15. The largest absolute Gasteiger partial charge is 0.292 e. The van der Waals surface area contributed by atoms with Crippen LogP contribution in [0, 0.1) is 11.3 Å². The zero-order chi connectivity index (χ0) is 12.0. The Morgan fingerprint density at radius 2 is 2.00 bits per heavy atom. The number of aryl methyl sites for hydroxylation is 2. The molecular formula is C10H13N5O. The fourth-order valence-corrected chi connectivity index (χ4v) is 1.23. The van der Waals surface area contributed by atoms with Crippen molar-refractivity contribution in [3.05, 3.63) is 11.4 Å². The monoisotopic (exact) mass is 219 g/mol. The highest BCUT2D eigenvalue weighted by molar-refractivity contribution is 5.90. The Balaban J connectivity index is 2.83. The topological polar surface area (TPSA) is 91.6 Å². The smallest absolute Gasteiger partial charge is 0.249 e. The van der Waals surface area contributed by atoms with Crippen LogP contribution < -0.4 is 5.32 Å². The molecule has 16 heavy (non-hydrogen) atoms. The fraction of sp³-hybridized carbons (Fsp3) is 0.500. The molecule has 1 amide bonds. The third-order valence-electron chi connectivity index (χ3n) is 2.00. The number of hydrogen-bond acceptors (Lipinski definition) is 5. The van der Waals surface area contributed by atoms with Crippen molar-refractivity contribution in [1.29, 1.82) is 5.26 Å². The minimum absolute atomic E-state index is 0.161. The van der Waals surface area contributed by atoms with Gasteiger partial charge in [-0.1, -0.05) is 13.8 Å². The Bertz CT molecular complexity index is 424. The average Bonchev–Trinajstić information content (AvgIpc) is 2.29. The quantitative estimate of drug-likeness (QED) is 0.810. The number of nitriles is 1. The van der Waals surface area contributed by atoms with Gasteiger partial charge in [0, 0.05) is 0 Å². The molecule has 6 nitrogen and oxygen atoms in total. The summed E-state index contributed by atoms with van der Waals surface area (Å²) >= 11 is 0. The molecule has 0 saturated heterocycles. The summed E-state index contributed by atoms with van der Waals surface area (Å²) < 4.78 is 0. The molecule has 0 aliphatic rings. The predicted octanol–water partition coefficient (Wildman–Crippen LogP) is 0.849. The number of nitrogens with zero attached hydrogens (tertiary/aromatic N) is 4. The number of anilines is 1. The van der Waals surface area contributed by atoms with Gasteiger partial charge in [0.15, 0.2) is 0 Å². The van der Waals surface area contributed by atoms with Gasteiger partial charge in [-0.3, -0.25) is 10.1 Å². The van der Waals surface area contributed by atoms with Crippen LogP contribution in [0.2, 0.25) is 0 Å². The van der Waals surface area contributed by atoms with Crippen LogP contribution in [0.3, 0.4) is 0 Å². The molecule has 1 heterocycles. The van der Waals surface area contributed by atoms with Crippen LogP contribution in [0.25, 0.3) is 0 Å². The molecule has 1 aromatic rings. The van der Waals surface area contributed by atoms with E-state index in [-0.39, 0.29) is 12.4 Å². The van der Waals surface area contributed by atoms with Crippen molar-refractivity contribution in [3.8, 4) is 6.07 Å². The molecule has 1 aromatic heterocycles. The second-order valence-electron chi connectivity index (χ2n) is 3.12. The van der Waals surface area contributed by atoms with Crippen LogP contribution in [-0.4, -0.2) is 21.1 Å². The molecule has 1 rings (SSSR count). The Morgan fingerprint density at radius 3 is 2.56 bits per heavy atom. The molecule has 0 saturated carbocycles. The maximum absolute atomic E-state index is 11.1. The van der Waals surface area contributed by atoms with Crippen molar-refractivity contribution in [1.82, 2.24) is 15.2 Å². The Morgan fingerprint density at radius 1 is 1.31 bits per heavy atom. The molecule has 0 unspecified atom stereocenters. The van der Waals surface area contributed by atoms with E-state index in [2.05, 4.69) is 20.5 Å². The molecule has 0 radical (unpaired) electrons. The molecule has 0 spiro atoms. The maximum Gasteiger partial charge on any atom is 0.249 e. The normalized spacial score (nSPS) is 9.56. The lowest BCUT2D eigenvalue weighted by molar-refractivity contribution is -0.115. The first kappa shape index (κ1) is 12.0. The number of hydrogen-bond donors (Lipinski definition) is 1. The Hall–Kier alpha value is -2.03. The van der Waals surface area contributed by atoms with Crippen LogP contribution in [0.5, 0.6) is 0 Å². The molecule has 0 bridgehead atoms. The van der Waals surface area contributed by atoms with Gasteiger partial charge in [-0.15, -0.1) is 10.2 Å². The van der Waals surface area contributed by atoms with Gasteiger partial charge >= 0.3 is 0 Å². The molecule has 1 N–H and O–H groups in total. The van der Waals surface area contributed by atoms with Crippen LogP contribution >= 0.6 is 0 Å². The summed E-state index contributed by atoms with van der Waals surface area (Å²) in [4.78, 5) is 15.3. The number of rotatable bonds is 4. The van der Waals surface area contributed by atoms with Gasteiger partial charge < -0.3 is 0 Å². The van der Waals surface area contributed by atoms with E-state index in [0.29, 0.717) is 0 Å². The lowest BCUT2D eigenvalue weighted by Gasteiger charge is -2.05. The van der Waals surface area contributed by atoms with Crippen molar-refractivity contribution in [2.45, 2.75) is 33.1 Å². The molecule has 0 aromatic carbocycles. The number of nitrogens with one attached hydrogen (secondary N) is 1. The van der Waals surface area contributed by atoms with Crippen molar-refractivity contribution < 1.29 is 4.79 Å². The van der Waals surface area contributed by atoms with E-state index < -0.39 is 5.91 Å². The van der Waals surface area contributed by atoms with Gasteiger partial charge in [-0.05, 0) is 12.8 Å². The van der Waals surface area contributed by atoms with Crippen LogP contribution in [0.1, 0.15) is 31.7 Å². The highest BCUT2D eigenvalue weighted by atomic mass is 16.1. The Kier molecular flexibility index (Phi) is 4.33. The molecular weight excluding hydrogens is 206 g/mol. The van der Waals surface area contributed by atoms with Crippen molar-refractivity contribution in [2.24, 2.45) is 0 Å². The number of amides is 1. The van der Waals surface area contributed by atoms with Gasteiger partial charge in [0.25, 0.3) is 0 Å². The van der Waals surface area contributed by atoms with E-state index in [4.69, 9.17) is 5.26 Å². The molecule has 0 aliphatic carbocycles. The average molecular weight is 219 g/mol. The summed E-state index contributed by atoms with van der Waals surface area (Å²) in [5.41, 5.74) is 1.66. The highest BCUT2D eigenvalue weighted by Gasteiger charge is 2.08. The number of aromatic nitrogens is 3. The van der Waals surface area contributed by atoms with E-state index in [1.807, 2.05) is 13.8 Å². The van der Waals surface area contributed by atoms with E-state index in [1.54, 1.807) is 6.07 Å². The Labute approximate surface area is 93.7 Å². The minimum Gasteiger partial charge on any atom is -0.292 e. The zero-order valence-corrected chi connectivity index (χ0v) is 9.32. The predicted molar refractivity (Wildman–Crippen MR) is 57.4 cm³/mol. The number of carbonyl (C=O) groups excluding carboxylic acids is 1. The lowest BCUT2D eigenvalue weighted by atomic mass is 10.2. The first-order chi connectivity index (χ1) is 7.71. The summed E-state index contributed by atoms with van der Waals surface area (Å²) in [6.07, 6.45) is 1.29. The molecule has 84 valence electrons. The van der Waals surface area contributed by atoms with E-state index >= 15 is 0 Å². The molecule has 6 heteroatoms. The summed E-state index contributed by atoms with van der Waals surface area (Å²) in [7, 11) is 0. The molecule has 0 fully saturated rings. The second kappa shape index (κ2) is 5.75. The second-order valence-corrected chi connectivity index (χ2v) is 3.12. The number of carbonyl (C=O) groups is 1. The summed E-state index contributed by atoms with van der Waals surface area (Å²) in [5.74, 6) is -0.259. The van der Waals surface area contributed by atoms with Gasteiger partial charge in [0.2, 0.25) is 11.9 Å². The van der Waals surface area contributed by atoms with Crippen molar-refractivity contribution in [3.63, 3.8) is 0 Å². The van der Waals surface area contributed by atoms with Crippen LogP contribution in [-0.2, 0) is 17.6 Å². The highest BCUT2D eigenvalue weighted by Crippen LogP contribution is 2.06. The minimum atomic E-state index is -0.421. The summed E-state index contributed by atoms with van der Waals surface area (Å²) in [6.45, 7) is 3.93. The maximum atomic E-state index is 11.1. The van der Waals surface area contributed by atoms with Gasteiger partial charge in [0.05, 0.1) is 17.5 Å². The van der Waals surface area contributed by atoms with Gasteiger partial charge in [-0.2, -0.15) is 5.26 Å². The third-order valence-corrected chi connectivity index (χ3v) is 2.00. The fourth-order valence-electron chi connectivity index (χ4n) is 1.23. The zero-order valence-electron chi connectivity index (χ0n) is 9.32. The van der Waals surface area contributed by atoms with E-state index in [9.17, 15) is 4.79 Å². The van der Waals surface area contributed by atoms with Gasteiger partial charge in [0.1, 0.15) is 6.42 Å². The third kappa shape index (κ3) is 2.98.